The highest BCUT2D eigenvalue weighted by molar-refractivity contribution is 5.94. The van der Waals surface area contributed by atoms with Crippen molar-refractivity contribution in [2.45, 2.75) is 27.3 Å². The van der Waals surface area contributed by atoms with E-state index in [0.29, 0.717) is 45.0 Å². The van der Waals surface area contributed by atoms with E-state index in [9.17, 15) is 24.9 Å². The zero-order valence-electron chi connectivity index (χ0n) is 30.8. The van der Waals surface area contributed by atoms with Gasteiger partial charge in [-0.15, -0.1) is 15.3 Å². The van der Waals surface area contributed by atoms with E-state index in [1.165, 1.54) is 11.6 Å². The van der Waals surface area contributed by atoms with E-state index in [1.54, 1.807) is 134 Å². The van der Waals surface area contributed by atoms with Crippen molar-refractivity contribution in [3.63, 3.8) is 0 Å². The Morgan fingerprint density at radius 1 is 0.589 bits per heavy atom. The van der Waals surface area contributed by atoms with Crippen molar-refractivity contribution >= 4 is 44.9 Å². The summed E-state index contributed by atoms with van der Waals surface area (Å²) < 4.78 is 5.70. The summed E-state index contributed by atoms with van der Waals surface area (Å²) in [4.78, 5) is 26.2. The first-order chi connectivity index (χ1) is 27.1. The molecule has 0 radical (unpaired) electrons. The average Bonchev–Trinajstić information content (AvgIpc) is 3.21. The number of hydrogen-bond acceptors (Lipinski definition) is 11. The van der Waals surface area contributed by atoms with Gasteiger partial charge in [-0.05, 0) is 68.6 Å². The molecule has 0 aliphatic heterocycles. The number of pyridine rings is 4. The van der Waals surface area contributed by atoms with Crippen molar-refractivity contribution in [2.75, 3.05) is 0 Å². The van der Waals surface area contributed by atoms with E-state index in [0.717, 1.165) is 9.95 Å². The fourth-order valence-electron chi connectivity index (χ4n) is 6.22. The Bertz CT molecular complexity index is 2830. The molecule has 4 aromatic heterocycles. The van der Waals surface area contributed by atoms with Crippen molar-refractivity contribution in [1.82, 2.24) is 9.13 Å². The topological polar surface area (TPSA) is 187 Å². The maximum atomic E-state index is 13.2. The zero-order valence-corrected chi connectivity index (χ0v) is 30.8. The summed E-state index contributed by atoms with van der Waals surface area (Å²) in [5.41, 5.74) is 2.73. The Hall–Kier alpha value is -7.68. The Kier molecular flexibility index (Phi) is 10.1. The molecule has 3 N–H and O–H groups in total. The number of phenolic OH excluding ortho intramolecular Hbond substituents is 1. The molecule has 3 aromatic carbocycles. The van der Waals surface area contributed by atoms with Crippen LogP contribution in [-0.4, -0.2) is 24.5 Å². The minimum Gasteiger partial charge on any atom is -0.505 e. The maximum Gasteiger partial charge on any atom is 0.326 e. The monoisotopic (exact) mass is 748 g/mol. The van der Waals surface area contributed by atoms with Crippen LogP contribution in [-0.2, 0) is 13.6 Å². The average molecular weight is 749 g/mol. The molecule has 0 aliphatic carbocycles. The number of benzene rings is 3. The Balaban J connectivity index is 1.13. The first-order valence-corrected chi connectivity index (χ1v) is 17.5. The second-order valence-corrected chi connectivity index (χ2v) is 12.7. The Labute approximate surface area is 319 Å². The van der Waals surface area contributed by atoms with Gasteiger partial charge in [0.05, 0.1) is 28.2 Å². The molecular weight excluding hydrogens is 713 g/mol. The van der Waals surface area contributed by atoms with Crippen molar-refractivity contribution < 1.29 is 24.5 Å². The smallest absolute Gasteiger partial charge is 0.326 e. The SMILES string of the molecule is CCn1c(O)c(N=Nc2ccc3ccc(N=Nc4ccc(N=Nc5c(C)c(-[n+]6ccccc6)c(=O)n(C)c5O)cc4)c(O)c3c2)c(C)c(-[n+]2ccccc2)c1=O. The van der Waals surface area contributed by atoms with E-state index in [-0.39, 0.29) is 52.2 Å². The summed E-state index contributed by atoms with van der Waals surface area (Å²) in [6, 6.07) is 26.2. The molecule has 56 heavy (non-hydrogen) atoms. The molecule has 15 heteroatoms. The highest BCUT2D eigenvalue weighted by atomic mass is 16.3. The number of hydrogen-bond donors (Lipinski definition) is 3. The van der Waals surface area contributed by atoms with Gasteiger partial charge < -0.3 is 15.3 Å². The highest BCUT2D eigenvalue weighted by Crippen LogP contribution is 2.39. The quantitative estimate of drug-likeness (QED) is 0.0989. The highest BCUT2D eigenvalue weighted by Gasteiger charge is 2.26. The number of aromatic nitrogens is 4. The molecule has 0 saturated carbocycles. The summed E-state index contributed by atoms with van der Waals surface area (Å²) in [6.07, 6.45) is 6.98. The minimum absolute atomic E-state index is 0.115. The number of phenols is 1. The van der Waals surface area contributed by atoms with Crippen LogP contribution in [0.1, 0.15) is 18.1 Å². The van der Waals surface area contributed by atoms with Crippen LogP contribution in [0.4, 0.5) is 34.1 Å². The first-order valence-electron chi connectivity index (χ1n) is 17.5. The maximum absolute atomic E-state index is 13.2. The molecule has 7 aromatic rings. The Morgan fingerprint density at radius 3 is 1.64 bits per heavy atom. The fourth-order valence-corrected chi connectivity index (χ4v) is 6.22. The van der Waals surface area contributed by atoms with Crippen LogP contribution < -0.4 is 20.3 Å². The van der Waals surface area contributed by atoms with Crippen molar-refractivity contribution in [3.05, 3.63) is 148 Å². The van der Waals surface area contributed by atoms with Crippen LogP contribution in [0.25, 0.3) is 22.1 Å². The van der Waals surface area contributed by atoms with Crippen LogP contribution >= 0.6 is 0 Å². The van der Waals surface area contributed by atoms with Crippen molar-refractivity contribution in [1.29, 1.82) is 0 Å². The molecular formula is C41H36N10O5+2. The zero-order chi connectivity index (χ0) is 39.5. The predicted molar refractivity (Wildman–Crippen MR) is 209 cm³/mol. The molecule has 0 fully saturated rings. The molecule has 0 saturated heterocycles. The second-order valence-electron chi connectivity index (χ2n) is 12.7. The third-order valence-corrected chi connectivity index (χ3v) is 9.25. The summed E-state index contributed by atoms with van der Waals surface area (Å²) in [5, 5.41) is 59.9. The van der Waals surface area contributed by atoms with E-state index < -0.39 is 0 Å². The number of rotatable bonds is 9. The van der Waals surface area contributed by atoms with Gasteiger partial charge in [-0.2, -0.15) is 24.5 Å². The van der Waals surface area contributed by atoms with Gasteiger partial charge in [0.1, 0.15) is 5.69 Å². The third-order valence-electron chi connectivity index (χ3n) is 9.25. The Morgan fingerprint density at radius 2 is 1.07 bits per heavy atom. The number of aromatic hydroxyl groups is 3. The molecule has 0 unspecified atom stereocenters. The van der Waals surface area contributed by atoms with Gasteiger partial charge in [0.25, 0.3) is 11.4 Å². The van der Waals surface area contributed by atoms with Gasteiger partial charge >= 0.3 is 11.1 Å². The lowest BCUT2D eigenvalue weighted by atomic mass is 10.1. The molecule has 278 valence electrons. The number of azo groups is 3. The summed E-state index contributed by atoms with van der Waals surface area (Å²) >= 11 is 0. The lowest BCUT2D eigenvalue weighted by Crippen LogP contribution is -2.40. The summed E-state index contributed by atoms with van der Waals surface area (Å²) in [5.74, 6) is -0.717. The first kappa shape index (κ1) is 36.7. The van der Waals surface area contributed by atoms with Crippen LogP contribution in [0.2, 0.25) is 0 Å². The second kappa shape index (κ2) is 15.4. The van der Waals surface area contributed by atoms with Gasteiger partial charge in [0.2, 0.25) is 11.8 Å². The summed E-state index contributed by atoms with van der Waals surface area (Å²) in [6.45, 7) is 5.39. The lowest BCUT2D eigenvalue weighted by Gasteiger charge is -2.11. The van der Waals surface area contributed by atoms with Gasteiger partial charge in [-0.3, -0.25) is 18.7 Å². The molecule has 15 nitrogen and oxygen atoms in total. The van der Waals surface area contributed by atoms with Crippen molar-refractivity contribution in [2.24, 2.45) is 37.7 Å². The van der Waals surface area contributed by atoms with Crippen molar-refractivity contribution in [3.8, 4) is 28.9 Å². The van der Waals surface area contributed by atoms with Crippen LogP contribution in [0.3, 0.4) is 0 Å². The van der Waals surface area contributed by atoms with Gasteiger partial charge in [0.15, 0.2) is 41.9 Å². The third kappa shape index (κ3) is 6.91. The lowest BCUT2D eigenvalue weighted by molar-refractivity contribution is -0.597. The molecule has 7 rings (SSSR count). The van der Waals surface area contributed by atoms with Gasteiger partial charge in [-0.25, -0.2) is 0 Å². The van der Waals surface area contributed by atoms with Crippen LogP contribution in [0.5, 0.6) is 17.5 Å². The predicted octanol–water partition coefficient (Wildman–Crippen LogP) is 8.25. The molecule has 0 atom stereocenters. The summed E-state index contributed by atoms with van der Waals surface area (Å²) in [7, 11) is 1.47. The standard InChI is InChI=1S/C41H34N10O5/c1-5-51-39(54)34(26(3)36(41(51)56)50-22-10-7-11-23-50)47-44-30-14-12-27-13-19-32(37(52)31(27)24-30)45-42-28-15-17-29(18-16-28)43-46-33-25(2)35(40(55)48(4)38(33)53)49-20-8-6-9-21-49/h6-24H,5H2,1-4H3,(H-2,42,43,44,45,46,47,52,53,54,55,56)/p+2. The normalized spacial score (nSPS) is 11.8. The number of nitrogens with zero attached hydrogens (tertiary/aromatic N) is 10. The van der Waals surface area contributed by atoms with Crippen LogP contribution in [0, 0.1) is 13.8 Å². The molecule has 4 heterocycles. The molecule has 0 amide bonds. The van der Waals surface area contributed by atoms with E-state index in [2.05, 4.69) is 30.7 Å². The van der Waals surface area contributed by atoms with E-state index in [4.69, 9.17) is 0 Å². The molecule has 0 aliphatic rings. The largest absolute Gasteiger partial charge is 0.505 e. The molecule has 0 bridgehead atoms. The van der Waals surface area contributed by atoms with E-state index >= 15 is 0 Å². The molecule has 0 spiro atoms. The fraction of sp³-hybridized carbons (Fsp3) is 0.122. The van der Waals surface area contributed by atoms with E-state index in [1.807, 2.05) is 12.1 Å². The number of fused-ring (bicyclic) bond motifs is 1. The van der Waals surface area contributed by atoms with Gasteiger partial charge in [-0.1, -0.05) is 24.3 Å². The van der Waals surface area contributed by atoms with Gasteiger partial charge in [0, 0.05) is 43.2 Å². The van der Waals surface area contributed by atoms with Crippen LogP contribution in [0.15, 0.2) is 156 Å². The minimum atomic E-state index is -0.380.